The fraction of sp³-hybridized carbons (Fsp3) is 0.111. The lowest BCUT2D eigenvalue weighted by atomic mass is 10.2. The Kier molecular flexibility index (Phi) is 4.78. The van der Waals surface area contributed by atoms with Gasteiger partial charge in [-0.05, 0) is 24.3 Å². The molecule has 4 nitrogen and oxygen atoms in total. The van der Waals surface area contributed by atoms with Crippen molar-refractivity contribution in [2.75, 3.05) is 0 Å². The normalized spacial score (nSPS) is 10.5. The van der Waals surface area contributed by atoms with Crippen molar-refractivity contribution in [1.29, 1.82) is 0 Å². The third kappa shape index (κ3) is 3.81. The van der Waals surface area contributed by atoms with Gasteiger partial charge in [-0.1, -0.05) is 55.1 Å². The van der Waals surface area contributed by atoms with Gasteiger partial charge in [0, 0.05) is 11.8 Å². The van der Waals surface area contributed by atoms with Crippen LogP contribution in [0.2, 0.25) is 0 Å². The molecule has 0 saturated heterocycles. The number of carbonyl (C=O) groups is 1. The van der Waals surface area contributed by atoms with E-state index < -0.39 is 5.97 Å². The summed E-state index contributed by atoms with van der Waals surface area (Å²) in [7, 11) is 0. The van der Waals surface area contributed by atoms with Gasteiger partial charge in [0.25, 0.3) is 0 Å². The highest BCUT2D eigenvalue weighted by Gasteiger charge is 2.10. The first-order valence-electron chi connectivity index (χ1n) is 7.26. The summed E-state index contributed by atoms with van der Waals surface area (Å²) < 4.78 is 0. The van der Waals surface area contributed by atoms with Gasteiger partial charge in [-0.2, -0.15) is 0 Å². The molecule has 5 heteroatoms. The molecule has 0 radical (unpaired) electrons. The molecule has 0 atom stereocenters. The monoisotopic (exact) mass is 325 g/mol. The zero-order valence-electron chi connectivity index (χ0n) is 12.6. The molecule has 0 unspecified atom stereocenters. The molecule has 2 aromatic carbocycles. The standard InChI is InChI=1S/C18H15NO3S/c1-2-18(20)22-21-15-9-5-6-10-16(15)23-17-12-11-13-7-3-4-8-14(13)19-17/h3-12H,2H2,1H3. The smallest absolute Gasteiger partial charge is 0.286 e. The van der Waals surface area contributed by atoms with Gasteiger partial charge in [-0.15, -0.1) is 0 Å². The number of carbonyl (C=O) groups excluding carboxylic acids is 1. The molecule has 0 N–H and O–H groups in total. The molecule has 0 bridgehead atoms. The Morgan fingerprint density at radius 3 is 2.70 bits per heavy atom. The zero-order valence-corrected chi connectivity index (χ0v) is 13.4. The molecule has 23 heavy (non-hydrogen) atoms. The summed E-state index contributed by atoms with van der Waals surface area (Å²) in [5.74, 6) is 0.0860. The van der Waals surface area contributed by atoms with Crippen LogP contribution in [0.1, 0.15) is 13.3 Å². The fourth-order valence-electron chi connectivity index (χ4n) is 1.97. The highest BCUT2D eigenvalue weighted by molar-refractivity contribution is 7.99. The van der Waals surface area contributed by atoms with E-state index in [9.17, 15) is 4.79 Å². The third-order valence-electron chi connectivity index (χ3n) is 3.15. The van der Waals surface area contributed by atoms with Crippen LogP contribution in [0.25, 0.3) is 10.9 Å². The fourth-order valence-corrected chi connectivity index (χ4v) is 2.83. The minimum Gasteiger partial charge on any atom is -0.286 e. The molecular formula is C18H15NO3S. The summed E-state index contributed by atoms with van der Waals surface area (Å²) >= 11 is 1.46. The van der Waals surface area contributed by atoms with Crippen molar-refractivity contribution < 1.29 is 14.6 Å². The minimum absolute atomic E-state index is 0.265. The highest BCUT2D eigenvalue weighted by Crippen LogP contribution is 2.34. The van der Waals surface area contributed by atoms with Crippen molar-refractivity contribution in [3.8, 4) is 5.75 Å². The second-order valence-corrected chi connectivity index (χ2v) is 5.85. The second-order valence-electron chi connectivity index (χ2n) is 4.78. The van der Waals surface area contributed by atoms with Crippen LogP contribution in [0.5, 0.6) is 5.75 Å². The number of benzene rings is 2. The molecule has 1 heterocycles. The van der Waals surface area contributed by atoms with Crippen LogP contribution in [0.4, 0.5) is 0 Å². The maximum Gasteiger partial charge on any atom is 0.355 e. The van der Waals surface area contributed by atoms with Crippen LogP contribution < -0.4 is 4.89 Å². The van der Waals surface area contributed by atoms with E-state index in [1.165, 1.54) is 11.8 Å². The van der Waals surface area contributed by atoms with Crippen molar-refractivity contribution in [2.45, 2.75) is 23.3 Å². The molecule has 116 valence electrons. The van der Waals surface area contributed by atoms with Crippen LogP contribution >= 0.6 is 11.8 Å². The first-order valence-corrected chi connectivity index (χ1v) is 8.08. The molecule has 0 fully saturated rings. The van der Waals surface area contributed by atoms with Crippen LogP contribution in [0.15, 0.2) is 70.6 Å². The second kappa shape index (κ2) is 7.15. The van der Waals surface area contributed by atoms with Gasteiger partial charge in [0.05, 0.1) is 10.4 Å². The van der Waals surface area contributed by atoms with Gasteiger partial charge in [-0.3, -0.25) is 9.78 Å². The third-order valence-corrected chi connectivity index (χ3v) is 4.14. The van der Waals surface area contributed by atoms with Crippen molar-refractivity contribution in [2.24, 2.45) is 0 Å². The van der Waals surface area contributed by atoms with Gasteiger partial charge in [0.2, 0.25) is 0 Å². The summed E-state index contributed by atoms with van der Waals surface area (Å²) in [6, 6.07) is 19.3. The van der Waals surface area contributed by atoms with E-state index in [1.807, 2.05) is 54.6 Å². The van der Waals surface area contributed by atoms with Gasteiger partial charge in [0.15, 0.2) is 5.75 Å². The highest BCUT2D eigenvalue weighted by atomic mass is 32.2. The molecule has 1 aromatic heterocycles. The number of hydrogen-bond acceptors (Lipinski definition) is 5. The van der Waals surface area contributed by atoms with Crippen LogP contribution in [0.3, 0.4) is 0 Å². The summed E-state index contributed by atoms with van der Waals surface area (Å²) in [5.41, 5.74) is 0.938. The van der Waals surface area contributed by atoms with Crippen molar-refractivity contribution in [3.63, 3.8) is 0 Å². The number of para-hydroxylation sites is 2. The Balaban J connectivity index is 1.82. The van der Waals surface area contributed by atoms with E-state index in [-0.39, 0.29) is 6.42 Å². The lowest BCUT2D eigenvalue weighted by Crippen LogP contribution is -2.06. The molecule has 0 spiro atoms. The lowest BCUT2D eigenvalue weighted by molar-refractivity contribution is -0.214. The van der Waals surface area contributed by atoms with Crippen molar-refractivity contribution in [1.82, 2.24) is 4.98 Å². The quantitative estimate of drug-likeness (QED) is 0.505. The van der Waals surface area contributed by atoms with E-state index in [0.29, 0.717) is 5.75 Å². The molecular weight excluding hydrogens is 310 g/mol. The summed E-state index contributed by atoms with van der Waals surface area (Å²) in [6.07, 6.45) is 0.265. The lowest BCUT2D eigenvalue weighted by Gasteiger charge is -2.08. The molecule has 0 aliphatic rings. The Bertz CT molecular complexity index is 835. The first-order chi connectivity index (χ1) is 11.3. The average molecular weight is 325 g/mol. The first kappa shape index (κ1) is 15.4. The van der Waals surface area contributed by atoms with E-state index in [1.54, 1.807) is 13.0 Å². The molecule has 0 aliphatic heterocycles. The number of nitrogens with zero attached hydrogens (tertiary/aromatic N) is 1. The molecule has 0 saturated carbocycles. The van der Waals surface area contributed by atoms with E-state index in [4.69, 9.17) is 9.78 Å². The van der Waals surface area contributed by atoms with E-state index in [0.717, 1.165) is 20.8 Å². The van der Waals surface area contributed by atoms with E-state index >= 15 is 0 Å². The number of fused-ring (bicyclic) bond motifs is 1. The van der Waals surface area contributed by atoms with Gasteiger partial charge in [0.1, 0.15) is 5.03 Å². The van der Waals surface area contributed by atoms with Gasteiger partial charge >= 0.3 is 5.97 Å². The van der Waals surface area contributed by atoms with Crippen LogP contribution in [-0.2, 0) is 9.68 Å². The summed E-state index contributed by atoms with van der Waals surface area (Å²) in [6.45, 7) is 1.71. The minimum atomic E-state index is -0.409. The van der Waals surface area contributed by atoms with Crippen molar-refractivity contribution in [3.05, 3.63) is 60.7 Å². The number of pyridine rings is 1. The Morgan fingerprint density at radius 2 is 1.83 bits per heavy atom. The van der Waals surface area contributed by atoms with Crippen molar-refractivity contribution >= 4 is 28.6 Å². The maximum atomic E-state index is 11.2. The Morgan fingerprint density at radius 1 is 1.04 bits per heavy atom. The Hall–Kier alpha value is -2.53. The molecule has 3 rings (SSSR count). The SMILES string of the molecule is CCC(=O)OOc1ccccc1Sc1ccc2ccccc2n1. The summed E-state index contributed by atoms with van der Waals surface area (Å²) in [4.78, 5) is 26.6. The molecule has 3 aromatic rings. The van der Waals surface area contributed by atoms with Gasteiger partial charge in [-0.25, -0.2) is 9.78 Å². The van der Waals surface area contributed by atoms with E-state index in [2.05, 4.69) is 4.98 Å². The summed E-state index contributed by atoms with van der Waals surface area (Å²) in [5, 5.41) is 1.94. The number of rotatable bonds is 5. The maximum absolute atomic E-state index is 11.2. The van der Waals surface area contributed by atoms with Crippen LogP contribution in [0, 0.1) is 0 Å². The average Bonchev–Trinajstić information content (AvgIpc) is 2.60. The molecule has 0 aliphatic carbocycles. The van der Waals surface area contributed by atoms with Crippen LogP contribution in [-0.4, -0.2) is 11.0 Å². The predicted molar refractivity (Wildman–Crippen MR) is 89.3 cm³/mol. The zero-order chi connectivity index (χ0) is 16.1. The topological polar surface area (TPSA) is 48.4 Å². The molecule has 0 amide bonds. The number of aromatic nitrogens is 1. The number of hydrogen-bond donors (Lipinski definition) is 0. The van der Waals surface area contributed by atoms with Gasteiger partial charge < -0.3 is 0 Å². The largest absolute Gasteiger partial charge is 0.355 e. The Labute approximate surface area is 138 Å². The predicted octanol–water partition coefficient (Wildman–Crippen LogP) is 4.63.